The molecule has 3 rings (SSSR count). The van der Waals surface area contributed by atoms with E-state index >= 15 is 0 Å². The van der Waals surface area contributed by atoms with Crippen LogP contribution in [0.25, 0.3) is 0 Å². The Morgan fingerprint density at radius 2 is 2.05 bits per heavy atom. The zero-order chi connectivity index (χ0) is 14.3. The highest BCUT2D eigenvalue weighted by atomic mass is 32.1. The lowest BCUT2D eigenvalue weighted by Gasteiger charge is -2.33. The van der Waals surface area contributed by atoms with Gasteiger partial charge in [-0.1, -0.05) is 0 Å². The summed E-state index contributed by atoms with van der Waals surface area (Å²) in [5.41, 5.74) is 6.94. The van der Waals surface area contributed by atoms with Crippen molar-refractivity contribution in [1.29, 1.82) is 0 Å². The van der Waals surface area contributed by atoms with Crippen LogP contribution in [0.2, 0.25) is 0 Å². The number of nitrogens with zero attached hydrogens (tertiary/aromatic N) is 2. The third-order valence-electron chi connectivity index (χ3n) is 4.14. The molecule has 1 aromatic heterocycles. The number of hydrogen-bond donors (Lipinski definition) is 1. The average molecular weight is 305 g/mol. The number of aromatic nitrogens is 1. The molecule has 7 heteroatoms. The number of thiazole rings is 1. The van der Waals surface area contributed by atoms with Crippen LogP contribution >= 0.6 is 11.3 Å². The number of alkyl halides is 3. The van der Waals surface area contributed by atoms with E-state index < -0.39 is 12.1 Å². The van der Waals surface area contributed by atoms with Crippen molar-refractivity contribution in [1.82, 2.24) is 4.98 Å². The zero-order valence-corrected chi connectivity index (χ0v) is 11.9. The number of nitrogens with two attached hydrogens (primary N) is 1. The molecular formula is C13H18F3N3S. The Bertz CT molecular complexity index is 486. The van der Waals surface area contributed by atoms with Crippen LogP contribution in [-0.2, 0) is 6.42 Å². The summed E-state index contributed by atoms with van der Waals surface area (Å²) < 4.78 is 38.6. The Labute approximate surface area is 120 Å². The van der Waals surface area contributed by atoms with Crippen LogP contribution < -0.4 is 10.6 Å². The summed E-state index contributed by atoms with van der Waals surface area (Å²) in [6.07, 6.45) is -0.392. The second-order valence-electron chi connectivity index (χ2n) is 5.63. The first-order valence-corrected chi connectivity index (χ1v) is 7.83. The van der Waals surface area contributed by atoms with E-state index in [1.165, 1.54) is 11.3 Å². The largest absolute Gasteiger partial charge is 0.393 e. The molecule has 0 spiro atoms. The van der Waals surface area contributed by atoms with E-state index in [-0.39, 0.29) is 19.0 Å². The molecule has 1 aliphatic heterocycles. The first-order valence-electron chi connectivity index (χ1n) is 7.02. The maximum absolute atomic E-state index is 12.9. The van der Waals surface area contributed by atoms with Crippen LogP contribution in [0, 0.1) is 5.92 Å². The lowest BCUT2D eigenvalue weighted by atomic mass is 9.98. The van der Waals surface area contributed by atoms with E-state index in [0.717, 1.165) is 35.0 Å². The van der Waals surface area contributed by atoms with Gasteiger partial charge >= 0.3 is 6.18 Å². The highest BCUT2D eigenvalue weighted by molar-refractivity contribution is 7.15. The first-order chi connectivity index (χ1) is 9.45. The first kappa shape index (κ1) is 14.1. The summed E-state index contributed by atoms with van der Waals surface area (Å²) in [6.45, 7) is 0.694. The molecule has 1 aliphatic carbocycles. The monoisotopic (exact) mass is 305 g/mol. The molecule has 0 radical (unpaired) electrons. The Kier molecular flexibility index (Phi) is 3.66. The number of fused-ring (bicyclic) bond motifs is 1. The smallest absolute Gasteiger partial charge is 0.347 e. The van der Waals surface area contributed by atoms with Crippen molar-refractivity contribution in [2.24, 2.45) is 11.7 Å². The normalized spacial score (nSPS) is 27.5. The summed E-state index contributed by atoms with van der Waals surface area (Å²) in [4.78, 5) is 7.47. The second-order valence-corrected chi connectivity index (χ2v) is 6.69. The maximum Gasteiger partial charge on any atom is 0.393 e. The number of piperidine rings is 1. The molecule has 0 bridgehead atoms. The second kappa shape index (κ2) is 5.18. The summed E-state index contributed by atoms with van der Waals surface area (Å²) in [7, 11) is 0. The van der Waals surface area contributed by atoms with Gasteiger partial charge in [0, 0.05) is 24.0 Å². The third-order valence-corrected chi connectivity index (χ3v) is 5.33. The van der Waals surface area contributed by atoms with Gasteiger partial charge in [-0.2, -0.15) is 13.2 Å². The molecule has 3 nitrogen and oxygen atoms in total. The Balaban J connectivity index is 1.79. The van der Waals surface area contributed by atoms with Gasteiger partial charge in [-0.15, -0.1) is 11.3 Å². The van der Waals surface area contributed by atoms with Gasteiger partial charge in [0.1, 0.15) is 0 Å². The van der Waals surface area contributed by atoms with Gasteiger partial charge in [0.25, 0.3) is 0 Å². The summed E-state index contributed by atoms with van der Waals surface area (Å²) in [5, 5.41) is 0.723. The fourth-order valence-corrected chi connectivity index (χ4v) is 4.20. The SMILES string of the molecule is NC1CCCc2sc(N3CCCC(C(F)(F)F)C3)nc21. The van der Waals surface area contributed by atoms with Gasteiger partial charge in [-0.3, -0.25) is 0 Å². The van der Waals surface area contributed by atoms with Crippen molar-refractivity contribution in [2.75, 3.05) is 18.0 Å². The number of halogens is 3. The topological polar surface area (TPSA) is 42.1 Å². The Hall–Kier alpha value is -0.820. The molecular weight excluding hydrogens is 287 g/mol. The lowest BCUT2D eigenvalue weighted by molar-refractivity contribution is -0.175. The van der Waals surface area contributed by atoms with E-state index in [0.29, 0.717) is 13.0 Å². The van der Waals surface area contributed by atoms with Crippen molar-refractivity contribution < 1.29 is 13.2 Å². The Morgan fingerprint density at radius 3 is 2.75 bits per heavy atom. The molecule has 0 aromatic carbocycles. The van der Waals surface area contributed by atoms with Crippen molar-refractivity contribution >= 4 is 16.5 Å². The number of aryl methyl sites for hydroxylation is 1. The third kappa shape index (κ3) is 2.65. The van der Waals surface area contributed by atoms with Gasteiger partial charge in [-0.05, 0) is 32.1 Å². The van der Waals surface area contributed by atoms with Crippen molar-refractivity contribution in [2.45, 2.75) is 44.3 Å². The van der Waals surface area contributed by atoms with Crippen LogP contribution in [-0.4, -0.2) is 24.2 Å². The van der Waals surface area contributed by atoms with Crippen LogP contribution in [0.3, 0.4) is 0 Å². The van der Waals surface area contributed by atoms with Gasteiger partial charge in [0.05, 0.1) is 11.6 Å². The molecule has 2 atom stereocenters. The highest BCUT2D eigenvalue weighted by Crippen LogP contribution is 2.39. The molecule has 20 heavy (non-hydrogen) atoms. The quantitative estimate of drug-likeness (QED) is 0.866. The fraction of sp³-hybridized carbons (Fsp3) is 0.769. The Morgan fingerprint density at radius 1 is 1.25 bits per heavy atom. The van der Waals surface area contributed by atoms with E-state index in [2.05, 4.69) is 4.98 Å². The molecule has 2 aliphatic rings. The number of rotatable bonds is 1. The maximum atomic E-state index is 12.9. The average Bonchev–Trinajstić information content (AvgIpc) is 2.83. The minimum absolute atomic E-state index is 0.0329. The lowest BCUT2D eigenvalue weighted by Crippen LogP contribution is -2.41. The molecule has 1 aromatic rings. The minimum Gasteiger partial charge on any atom is -0.347 e. The standard InChI is InChI=1S/C13H18F3N3S/c14-13(15,16)8-3-2-6-19(7-8)12-18-11-9(17)4-1-5-10(11)20-12/h8-9H,1-7,17H2. The zero-order valence-electron chi connectivity index (χ0n) is 11.1. The van der Waals surface area contributed by atoms with Crippen molar-refractivity contribution in [3.63, 3.8) is 0 Å². The molecule has 1 saturated heterocycles. The summed E-state index contributed by atoms with van der Waals surface area (Å²) in [6, 6.07) is -0.0491. The molecule has 112 valence electrons. The highest BCUT2D eigenvalue weighted by Gasteiger charge is 2.42. The predicted molar refractivity (Wildman–Crippen MR) is 73.0 cm³/mol. The van der Waals surface area contributed by atoms with Gasteiger partial charge in [0.15, 0.2) is 5.13 Å². The predicted octanol–water partition coefficient (Wildman–Crippen LogP) is 3.26. The summed E-state index contributed by atoms with van der Waals surface area (Å²) >= 11 is 1.53. The van der Waals surface area contributed by atoms with Gasteiger partial charge in [-0.25, -0.2) is 4.98 Å². The molecule has 1 fully saturated rings. The van der Waals surface area contributed by atoms with Gasteiger partial charge < -0.3 is 10.6 Å². The number of anilines is 1. The van der Waals surface area contributed by atoms with E-state index in [1.807, 2.05) is 0 Å². The molecule has 2 N–H and O–H groups in total. The van der Waals surface area contributed by atoms with Crippen molar-refractivity contribution in [3.8, 4) is 0 Å². The van der Waals surface area contributed by atoms with Crippen LogP contribution in [0.4, 0.5) is 18.3 Å². The number of hydrogen-bond acceptors (Lipinski definition) is 4. The van der Waals surface area contributed by atoms with E-state index in [1.54, 1.807) is 4.90 Å². The van der Waals surface area contributed by atoms with Crippen LogP contribution in [0.1, 0.15) is 42.3 Å². The van der Waals surface area contributed by atoms with Gasteiger partial charge in [0.2, 0.25) is 0 Å². The van der Waals surface area contributed by atoms with E-state index in [4.69, 9.17) is 5.73 Å². The molecule has 0 saturated carbocycles. The minimum atomic E-state index is -4.11. The fourth-order valence-electron chi connectivity index (χ4n) is 2.99. The molecule has 2 heterocycles. The summed E-state index contributed by atoms with van der Waals surface area (Å²) in [5.74, 6) is -1.23. The van der Waals surface area contributed by atoms with E-state index in [9.17, 15) is 13.2 Å². The van der Waals surface area contributed by atoms with Crippen LogP contribution in [0.15, 0.2) is 0 Å². The molecule has 0 amide bonds. The van der Waals surface area contributed by atoms with Crippen LogP contribution in [0.5, 0.6) is 0 Å². The molecule has 2 unspecified atom stereocenters. The van der Waals surface area contributed by atoms with Crippen molar-refractivity contribution in [3.05, 3.63) is 10.6 Å².